The van der Waals surface area contributed by atoms with Gasteiger partial charge in [0.05, 0.1) is 0 Å². The normalized spacial score (nSPS) is 13.9. The average molecular weight is 505 g/mol. The minimum absolute atomic E-state index is 0.000848. The van der Waals surface area contributed by atoms with Gasteiger partial charge in [-0.05, 0) is 84.6 Å². The first-order chi connectivity index (χ1) is 14.7. The van der Waals surface area contributed by atoms with E-state index in [1.54, 1.807) is 0 Å². The third kappa shape index (κ3) is 24.7. The van der Waals surface area contributed by atoms with Crippen molar-refractivity contribution in [1.29, 1.82) is 0 Å². The van der Waals surface area contributed by atoms with Crippen molar-refractivity contribution >= 4 is 30.9 Å². The van der Waals surface area contributed by atoms with E-state index in [0.717, 1.165) is 19.4 Å². The highest BCUT2D eigenvalue weighted by atomic mass is 28.4. The number of carbonyl (C=O) groups excluding carboxylic acids is 1. The van der Waals surface area contributed by atoms with Gasteiger partial charge in [-0.2, -0.15) is 0 Å². The lowest BCUT2D eigenvalue weighted by molar-refractivity contribution is -0.135. The van der Waals surface area contributed by atoms with Crippen LogP contribution in [0.5, 0.6) is 0 Å². The Morgan fingerprint density at radius 1 is 0.594 bits per heavy atom. The van der Waals surface area contributed by atoms with Crippen molar-refractivity contribution in [3.63, 3.8) is 0 Å². The standard InChI is InChI=1S/C25H56O4Si3/c1-30(2,3)27-23-19-15-14-17-21-24(28-31(4,5)6)20-16-12-10-11-13-18-22-25(26)29-32(7,8)9/h24H,10-23H2,1-9H3. The topological polar surface area (TPSA) is 44.8 Å². The molecule has 0 aliphatic carbocycles. The minimum atomic E-state index is -1.72. The van der Waals surface area contributed by atoms with E-state index in [4.69, 9.17) is 13.3 Å². The molecule has 0 rings (SSSR count). The third-order valence-electron chi connectivity index (χ3n) is 5.05. The first-order valence-electron chi connectivity index (χ1n) is 13.2. The molecule has 0 N–H and O–H groups in total. The first kappa shape index (κ1) is 32.0. The van der Waals surface area contributed by atoms with Gasteiger partial charge in [-0.25, -0.2) is 0 Å². The zero-order valence-corrected chi connectivity index (χ0v) is 26.1. The number of carbonyl (C=O) groups is 1. The van der Waals surface area contributed by atoms with Gasteiger partial charge in [0.25, 0.3) is 5.97 Å². The van der Waals surface area contributed by atoms with Crippen molar-refractivity contribution in [3.8, 4) is 0 Å². The number of rotatable bonds is 20. The summed E-state index contributed by atoms with van der Waals surface area (Å²) < 4.78 is 18.0. The van der Waals surface area contributed by atoms with Crippen LogP contribution in [0.3, 0.4) is 0 Å². The Bertz CT molecular complexity index is 479. The summed E-state index contributed by atoms with van der Waals surface area (Å²) >= 11 is 0. The van der Waals surface area contributed by atoms with Crippen LogP contribution in [-0.4, -0.2) is 43.6 Å². The zero-order valence-electron chi connectivity index (χ0n) is 23.1. The van der Waals surface area contributed by atoms with Gasteiger partial charge in [0.1, 0.15) is 0 Å². The Balaban J connectivity index is 3.88. The molecule has 0 amide bonds. The number of hydrogen-bond acceptors (Lipinski definition) is 4. The van der Waals surface area contributed by atoms with E-state index in [9.17, 15) is 4.79 Å². The lowest BCUT2D eigenvalue weighted by atomic mass is 10.0. The van der Waals surface area contributed by atoms with Crippen LogP contribution in [0.15, 0.2) is 0 Å². The third-order valence-corrected chi connectivity index (χ3v) is 8.00. The molecule has 0 aromatic carbocycles. The predicted octanol–water partition coefficient (Wildman–Crippen LogP) is 8.51. The van der Waals surface area contributed by atoms with Crippen molar-refractivity contribution in [2.24, 2.45) is 0 Å². The molecule has 0 bridgehead atoms. The summed E-state index contributed by atoms with van der Waals surface area (Å²) in [4.78, 5) is 11.8. The van der Waals surface area contributed by atoms with E-state index in [2.05, 4.69) is 58.9 Å². The molecule has 1 unspecified atom stereocenters. The zero-order chi connectivity index (χ0) is 24.7. The second kappa shape index (κ2) is 16.6. The highest BCUT2D eigenvalue weighted by Crippen LogP contribution is 2.20. The Hall–Kier alpha value is 0.0406. The highest BCUT2D eigenvalue weighted by Gasteiger charge is 2.21. The molecule has 0 aliphatic heterocycles. The Morgan fingerprint density at radius 3 is 1.53 bits per heavy atom. The van der Waals surface area contributed by atoms with E-state index >= 15 is 0 Å². The molecule has 0 aliphatic rings. The lowest BCUT2D eigenvalue weighted by Crippen LogP contribution is -2.32. The molecule has 0 saturated carbocycles. The van der Waals surface area contributed by atoms with Crippen molar-refractivity contribution in [1.82, 2.24) is 0 Å². The molecular weight excluding hydrogens is 449 g/mol. The molecule has 0 saturated heterocycles. The van der Waals surface area contributed by atoms with Gasteiger partial charge in [-0.3, -0.25) is 4.79 Å². The van der Waals surface area contributed by atoms with Gasteiger partial charge in [0.2, 0.25) is 8.32 Å². The molecule has 1 atom stereocenters. The maximum Gasteiger partial charge on any atom is 0.292 e. The SMILES string of the molecule is C[Si](C)(C)OCCCCCCC(CCCCCCCCC(=O)O[Si](C)(C)C)O[Si](C)(C)C. The molecular formula is C25H56O4Si3. The van der Waals surface area contributed by atoms with Gasteiger partial charge in [-0.1, -0.05) is 51.4 Å². The van der Waals surface area contributed by atoms with E-state index < -0.39 is 25.0 Å². The van der Waals surface area contributed by atoms with Crippen LogP contribution in [0.2, 0.25) is 58.9 Å². The van der Waals surface area contributed by atoms with Crippen LogP contribution in [-0.2, 0) is 18.1 Å². The smallest absolute Gasteiger partial charge is 0.292 e. The minimum Gasteiger partial charge on any atom is -0.520 e. The van der Waals surface area contributed by atoms with Crippen LogP contribution in [0.4, 0.5) is 0 Å². The fourth-order valence-corrected chi connectivity index (χ4v) is 6.49. The number of unbranched alkanes of at least 4 members (excludes halogenated alkanes) is 8. The van der Waals surface area contributed by atoms with E-state index in [1.807, 2.05) is 0 Å². The van der Waals surface area contributed by atoms with Gasteiger partial charge < -0.3 is 13.3 Å². The van der Waals surface area contributed by atoms with Crippen molar-refractivity contribution in [2.45, 2.75) is 148 Å². The largest absolute Gasteiger partial charge is 0.520 e. The van der Waals surface area contributed by atoms with Gasteiger partial charge in [0, 0.05) is 19.1 Å². The molecule has 0 spiro atoms. The molecule has 4 nitrogen and oxygen atoms in total. The van der Waals surface area contributed by atoms with Crippen LogP contribution >= 0.6 is 0 Å². The molecule has 0 fully saturated rings. The summed E-state index contributed by atoms with van der Waals surface area (Å²) in [5.41, 5.74) is 0. The van der Waals surface area contributed by atoms with Gasteiger partial charge in [-0.15, -0.1) is 0 Å². The van der Waals surface area contributed by atoms with Crippen molar-refractivity contribution < 1.29 is 18.1 Å². The lowest BCUT2D eigenvalue weighted by Gasteiger charge is -2.26. The quantitative estimate of drug-likeness (QED) is 0.123. The predicted molar refractivity (Wildman–Crippen MR) is 147 cm³/mol. The second-order valence-electron chi connectivity index (χ2n) is 12.3. The van der Waals surface area contributed by atoms with E-state index in [-0.39, 0.29) is 5.97 Å². The van der Waals surface area contributed by atoms with Crippen LogP contribution in [0.25, 0.3) is 0 Å². The Labute approximate surface area is 204 Å². The van der Waals surface area contributed by atoms with E-state index in [0.29, 0.717) is 12.5 Å². The number of hydrogen-bond donors (Lipinski definition) is 0. The fraction of sp³-hybridized carbons (Fsp3) is 0.960. The summed E-state index contributed by atoms with van der Waals surface area (Å²) in [6.45, 7) is 20.8. The summed E-state index contributed by atoms with van der Waals surface area (Å²) in [7, 11) is -4.56. The van der Waals surface area contributed by atoms with Crippen LogP contribution < -0.4 is 0 Å². The molecule has 0 radical (unpaired) electrons. The Morgan fingerprint density at radius 2 is 1.06 bits per heavy atom. The molecule has 7 heteroatoms. The maximum absolute atomic E-state index is 11.8. The van der Waals surface area contributed by atoms with Crippen LogP contribution in [0.1, 0.15) is 83.5 Å². The molecule has 0 heterocycles. The monoisotopic (exact) mass is 504 g/mol. The summed E-state index contributed by atoms with van der Waals surface area (Å²) in [6.07, 6.45) is 15.6. The van der Waals surface area contributed by atoms with Crippen molar-refractivity contribution in [3.05, 3.63) is 0 Å². The molecule has 192 valence electrons. The highest BCUT2D eigenvalue weighted by molar-refractivity contribution is 6.71. The summed E-state index contributed by atoms with van der Waals surface area (Å²) in [5.74, 6) is -0.000848. The van der Waals surface area contributed by atoms with Gasteiger partial charge >= 0.3 is 0 Å². The van der Waals surface area contributed by atoms with Gasteiger partial charge in [0.15, 0.2) is 16.6 Å². The average Bonchev–Trinajstić information content (AvgIpc) is 2.59. The van der Waals surface area contributed by atoms with E-state index in [1.165, 1.54) is 64.2 Å². The molecule has 32 heavy (non-hydrogen) atoms. The summed E-state index contributed by atoms with van der Waals surface area (Å²) in [6, 6.07) is 0. The summed E-state index contributed by atoms with van der Waals surface area (Å²) in [5, 5.41) is 0. The first-order valence-corrected chi connectivity index (χ1v) is 23.4. The van der Waals surface area contributed by atoms with Crippen molar-refractivity contribution in [2.75, 3.05) is 6.61 Å². The molecule has 0 aromatic rings. The molecule has 0 aromatic heterocycles. The fourth-order valence-electron chi connectivity index (χ4n) is 3.71. The second-order valence-corrected chi connectivity index (χ2v) is 25.7. The Kier molecular flexibility index (Phi) is 16.7. The maximum atomic E-state index is 11.8. The van der Waals surface area contributed by atoms with Crippen LogP contribution in [0, 0.1) is 0 Å².